The van der Waals surface area contributed by atoms with Gasteiger partial charge in [-0.3, -0.25) is 14.4 Å². The van der Waals surface area contributed by atoms with Crippen LogP contribution in [0, 0.1) is 6.92 Å². The molecule has 0 bridgehead atoms. The number of amides is 2. The molecule has 2 atom stereocenters. The average molecular weight is 341 g/mol. The van der Waals surface area contributed by atoms with Gasteiger partial charge in [-0.05, 0) is 24.6 Å². The van der Waals surface area contributed by atoms with Crippen molar-refractivity contribution in [1.29, 1.82) is 0 Å². The van der Waals surface area contributed by atoms with Gasteiger partial charge in [-0.25, -0.2) is 0 Å². The number of morpholine rings is 1. The molecule has 1 aliphatic heterocycles. The monoisotopic (exact) mass is 341 g/mol. The van der Waals surface area contributed by atoms with Gasteiger partial charge < -0.3 is 19.9 Å². The highest BCUT2D eigenvalue weighted by Crippen LogP contribution is 2.29. The number of aromatic nitrogens is 1. The Balaban J connectivity index is 1.88. The molecule has 1 aliphatic rings. The first-order valence-electron chi connectivity index (χ1n) is 7.90. The molecule has 7 heteroatoms. The normalized spacial score (nSPS) is 20.4. The van der Waals surface area contributed by atoms with Crippen LogP contribution in [0.1, 0.15) is 17.3 Å². The molecule has 2 aromatic rings. The van der Waals surface area contributed by atoms with E-state index in [1.54, 1.807) is 26.1 Å². The molecular weight excluding hydrogens is 322 g/mol. The molecule has 1 aromatic carbocycles. The molecule has 2 N–H and O–H groups in total. The van der Waals surface area contributed by atoms with E-state index in [1.807, 2.05) is 30.3 Å². The number of nitrogens with one attached hydrogen (secondary N) is 2. The van der Waals surface area contributed by atoms with Gasteiger partial charge >= 0.3 is 0 Å². The number of rotatable bonds is 3. The second-order valence-electron chi connectivity index (χ2n) is 5.97. The lowest BCUT2D eigenvalue weighted by molar-refractivity contribution is -0.160. The van der Waals surface area contributed by atoms with Crippen LogP contribution < -0.4 is 10.9 Å². The summed E-state index contributed by atoms with van der Waals surface area (Å²) in [5, 5.41) is 2.60. The number of aryl methyl sites for hydroxylation is 1. The maximum atomic E-state index is 12.7. The Hall–Kier alpha value is -2.93. The van der Waals surface area contributed by atoms with Gasteiger partial charge in [-0.2, -0.15) is 0 Å². The fraction of sp³-hybridized carbons (Fsp3) is 0.278. The Morgan fingerprint density at radius 2 is 1.92 bits per heavy atom. The lowest BCUT2D eigenvalue weighted by Crippen LogP contribution is -2.51. The van der Waals surface area contributed by atoms with Gasteiger partial charge in [0, 0.05) is 12.7 Å². The van der Waals surface area contributed by atoms with Crippen LogP contribution in [0.25, 0.3) is 0 Å². The minimum absolute atomic E-state index is 0.144. The molecule has 0 radical (unpaired) electrons. The molecule has 130 valence electrons. The van der Waals surface area contributed by atoms with Crippen LogP contribution in [0.5, 0.6) is 0 Å². The second-order valence-corrected chi connectivity index (χ2v) is 5.97. The molecule has 25 heavy (non-hydrogen) atoms. The Morgan fingerprint density at radius 3 is 2.60 bits per heavy atom. The lowest BCUT2D eigenvalue weighted by Gasteiger charge is -2.38. The van der Waals surface area contributed by atoms with Crippen LogP contribution in [0.3, 0.4) is 0 Å². The van der Waals surface area contributed by atoms with Crippen molar-refractivity contribution in [2.45, 2.75) is 19.1 Å². The van der Waals surface area contributed by atoms with Gasteiger partial charge in [0.05, 0.1) is 6.04 Å². The summed E-state index contributed by atoms with van der Waals surface area (Å²) in [6.45, 7) is 1.57. The summed E-state index contributed by atoms with van der Waals surface area (Å²) < 4.78 is 5.51. The Kier molecular flexibility index (Phi) is 4.67. The van der Waals surface area contributed by atoms with Crippen LogP contribution in [0.2, 0.25) is 0 Å². The highest BCUT2D eigenvalue weighted by atomic mass is 16.5. The number of carbonyl (C=O) groups is 2. The molecule has 0 saturated carbocycles. The van der Waals surface area contributed by atoms with Crippen molar-refractivity contribution < 1.29 is 14.3 Å². The number of anilines is 1. The molecule has 1 aromatic heterocycles. The average Bonchev–Trinajstić information content (AvgIpc) is 2.60. The predicted molar refractivity (Wildman–Crippen MR) is 92.1 cm³/mol. The number of likely N-dealkylation sites (N-methyl/N-ethyl adjacent to an activating group) is 1. The Labute approximate surface area is 144 Å². The van der Waals surface area contributed by atoms with Crippen LogP contribution in [0.15, 0.2) is 47.3 Å². The van der Waals surface area contributed by atoms with Crippen molar-refractivity contribution in [3.63, 3.8) is 0 Å². The molecule has 2 amide bonds. The molecular formula is C18H19N3O4. The summed E-state index contributed by atoms with van der Waals surface area (Å²) in [5.74, 6) is -0.673. The fourth-order valence-corrected chi connectivity index (χ4v) is 2.85. The van der Waals surface area contributed by atoms with E-state index in [0.29, 0.717) is 5.69 Å². The zero-order chi connectivity index (χ0) is 18.0. The van der Waals surface area contributed by atoms with Crippen molar-refractivity contribution >= 4 is 17.5 Å². The number of benzene rings is 1. The third kappa shape index (κ3) is 3.46. The number of hydrogen-bond acceptors (Lipinski definition) is 4. The van der Waals surface area contributed by atoms with E-state index in [1.165, 1.54) is 4.90 Å². The molecule has 1 fully saturated rings. The SMILES string of the molecule is Cc1ccc(NC(=O)C2OCC(=O)N(C)C2c2ccccc2)c(=O)[nH]1. The number of pyridine rings is 1. The lowest BCUT2D eigenvalue weighted by atomic mass is 9.97. The smallest absolute Gasteiger partial charge is 0.271 e. The third-order valence-electron chi connectivity index (χ3n) is 4.20. The maximum absolute atomic E-state index is 12.7. The minimum atomic E-state index is -0.911. The first-order chi connectivity index (χ1) is 12.0. The van der Waals surface area contributed by atoms with Crippen LogP contribution in [-0.2, 0) is 14.3 Å². The van der Waals surface area contributed by atoms with Gasteiger partial charge in [0.1, 0.15) is 12.3 Å². The minimum Gasteiger partial charge on any atom is -0.356 e. The molecule has 1 saturated heterocycles. The van der Waals surface area contributed by atoms with E-state index >= 15 is 0 Å². The van der Waals surface area contributed by atoms with E-state index in [4.69, 9.17) is 4.74 Å². The first-order valence-corrected chi connectivity index (χ1v) is 7.90. The number of nitrogens with zero attached hydrogens (tertiary/aromatic N) is 1. The molecule has 0 aliphatic carbocycles. The summed E-state index contributed by atoms with van der Waals surface area (Å²) in [4.78, 5) is 40.8. The van der Waals surface area contributed by atoms with E-state index in [-0.39, 0.29) is 23.8 Å². The summed E-state index contributed by atoms with van der Waals surface area (Å²) >= 11 is 0. The van der Waals surface area contributed by atoms with E-state index in [0.717, 1.165) is 5.56 Å². The van der Waals surface area contributed by atoms with Gasteiger partial charge in [-0.1, -0.05) is 30.3 Å². The second kappa shape index (κ2) is 6.90. The van der Waals surface area contributed by atoms with Gasteiger partial charge in [0.2, 0.25) is 5.91 Å². The molecule has 0 spiro atoms. The van der Waals surface area contributed by atoms with E-state index in [9.17, 15) is 14.4 Å². The topological polar surface area (TPSA) is 91.5 Å². The number of aromatic amines is 1. The summed E-state index contributed by atoms with van der Waals surface area (Å²) in [6.07, 6.45) is -0.911. The fourth-order valence-electron chi connectivity index (χ4n) is 2.85. The maximum Gasteiger partial charge on any atom is 0.271 e. The zero-order valence-corrected chi connectivity index (χ0v) is 14.0. The highest BCUT2D eigenvalue weighted by molar-refractivity contribution is 5.96. The summed E-state index contributed by atoms with van der Waals surface area (Å²) in [5.41, 5.74) is 1.25. The number of hydrogen-bond donors (Lipinski definition) is 2. The number of ether oxygens (including phenoxy) is 1. The molecule has 7 nitrogen and oxygen atoms in total. The third-order valence-corrected chi connectivity index (χ3v) is 4.20. The summed E-state index contributed by atoms with van der Waals surface area (Å²) in [7, 11) is 1.64. The quantitative estimate of drug-likeness (QED) is 0.878. The van der Waals surface area contributed by atoms with Crippen LogP contribution in [-0.4, -0.2) is 41.5 Å². The van der Waals surface area contributed by atoms with Crippen molar-refractivity contribution in [2.24, 2.45) is 0 Å². The zero-order valence-electron chi connectivity index (χ0n) is 14.0. The molecule has 3 rings (SSSR count). The van der Waals surface area contributed by atoms with Gasteiger partial charge in [0.25, 0.3) is 11.5 Å². The van der Waals surface area contributed by atoms with Crippen molar-refractivity contribution in [3.05, 3.63) is 64.1 Å². The van der Waals surface area contributed by atoms with Crippen molar-refractivity contribution in [1.82, 2.24) is 9.88 Å². The number of H-pyrrole nitrogens is 1. The highest BCUT2D eigenvalue weighted by Gasteiger charge is 2.40. The predicted octanol–water partition coefficient (Wildman–Crippen LogP) is 1.22. The standard InChI is InChI=1S/C18H19N3O4/c1-11-8-9-13(17(23)19-11)20-18(24)16-15(12-6-4-3-5-7-12)21(2)14(22)10-25-16/h3-9,15-16H,10H2,1-2H3,(H,19,23)(H,20,24). The van der Waals surface area contributed by atoms with Gasteiger partial charge in [0.15, 0.2) is 6.10 Å². The first kappa shape index (κ1) is 16.9. The van der Waals surface area contributed by atoms with Crippen molar-refractivity contribution in [2.75, 3.05) is 19.0 Å². The van der Waals surface area contributed by atoms with E-state index in [2.05, 4.69) is 10.3 Å². The van der Waals surface area contributed by atoms with Crippen LogP contribution in [0.4, 0.5) is 5.69 Å². The van der Waals surface area contributed by atoms with Gasteiger partial charge in [-0.15, -0.1) is 0 Å². The van der Waals surface area contributed by atoms with Crippen molar-refractivity contribution in [3.8, 4) is 0 Å². The van der Waals surface area contributed by atoms with Crippen LogP contribution >= 0.6 is 0 Å². The number of carbonyl (C=O) groups excluding carboxylic acids is 2. The largest absolute Gasteiger partial charge is 0.356 e. The Morgan fingerprint density at radius 1 is 1.20 bits per heavy atom. The summed E-state index contributed by atoms with van der Waals surface area (Å²) in [6, 6.07) is 11.9. The molecule has 2 heterocycles. The molecule has 2 unspecified atom stereocenters. The van der Waals surface area contributed by atoms with E-state index < -0.39 is 18.1 Å². The Bertz CT molecular complexity index is 847.